The smallest absolute Gasteiger partial charge is 0.269 e. The molecule has 5 heteroatoms. The van der Waals surface area contributed by atoms with Crippen molar-refractivity contribution in [1.29, 1.82) is 0 Å². The Morgan fingerprint density at radius 1 is 1.08 bits per heavy atom. The maximum absolute atomic E-state index is 12.9. The topological polar surface area (TPSA) is 54.0 Å². The number of rotatable bonds is 6. The number of benzene rings is 2. The molecule has 0 saturated carbocycles. The molecule has 0 saturated heterocycles. The van der Waals surface area contributed by atoms with Gasteiger partial charge < -0.3 is 10.6 Å². The van der Waals surface area contributed by atoms with E-state index in [4.69, 9.17) is 0 Å². The average molecular weight is 349 g/mol. The second kappa shape index (κ2) is 8.25. The number of carbonyl (C=O) groups excluding carboxylic acids is 1. The molecule has 0 radical (unpaired) electrons. The molecule has 0 unspecified atom stereocenters. The molecule has 2 N–H and O–H groups in total. The third-order valence-electron chi connectivity index (χ3n) is 4.03. The van der Waals surface area contributed by atoms with Crippen LogP contribution < -0.4 is 10.6 Å². The van der Waals surface area contributed by atoms with Crippen LogP contribution in [0, 0.1) is 12.7 Å². The van der Waals surface area contributed by atoms with Crippen LogP contribution in [0.2, 0.25) is 0 Å². The highest BCUT2D eigenvalue weighted by atomic mass is 19.1. The molecule has 3 rings (SSSR count). The summed E-state index contributed by atoms with van der Waals surface area (Å²) in [6.07, 6.45) is 2.24. The Balaban J connectivity index is 1.59. The van der Waals surface area contributed by atoms with Crippen LogP contribution in [0.15, 0.2) is 66.9 Å². The van der Waals surface area contributed by atoms with Crippen LogP contribution in [0.25, 0.3) is 0 Å². The van der Waals surface area contributed by atoms with Gasteiger partial charge in [0.15, 0.2) is 0 Å². The Morgan fingerprint density at radius 2 is 1.85 bits per heavy atom. The first-order valence-corrected chi connectivity index (χ1v) is 8.43. The number of pyridine rings is 1. The van der Waals surface area contributed by atoms with E-state index in [-0.39, 0.29) is 11.7 Å². The molecule has 2 aromatic carbocycles. The Morgan fingerprint density at radius 3 is 2.62 bits per heavy atom. The minimum atomic E-state index is -0.264. The monoisotopic (exact) mass is 349 g/mol. The predicted molar refractivity (Wildman–Crippen MR) is 101 cm³/mol. The zero-order valence-electron chi connectivity index (χ0n) is 14.5. The van der Waals surface area contributed by atoms with Crippen molar-refractivity contribution in [3.63, 3.8) is 0 Å². The highest BCUT2D eigenvalue weighted by Gasteiger charge is 2.08. The first-order valence-electron chi connectivity index (χ1n) is 8.43. The summed E-state index contributed by atoms with van der Waals surface area (Å²) in [6, 6.07) is 17.7. The standard InChI is InChI=1S/C21H20FN3O/c1-15-4-2-3-5-19(15)25-18-11-13-23-20(14-18)21(26)24-12-10-16-6-8-17(22)9-7-16/h2-9,11,13-14H,10,12H2,1H3,(H,23,25)(H,24,26). The molecule has 1 amide bonds. The molecule has 0 fully saturated rings. The molecule has 0 aliphatic carbocycles. The molecule has 0 aliphatic heterocycles. The summed E-state index contributed by atoms with van der Waals surface area (Å²) < 4.78 is 12.9. The second-order valence-electron chi connectivity index (χ2n) is 6.00. The summed E-state index contributed by atoms with van der Waals surface area (Å²) in [4.78, 5) is 16.4. The van der Waals surface area contributed by atoms with Gasteiger partial charge in [-0.3, -0.25) is 9.78 Å². The van der Waals surface area contributed by atoms with E-state index in [0.717, 1.165) is 22.5 Å². The largest absolute Gasteiger partial charge is 0.355 e. The van der Waals surface area contributed by atoms with Gasteiger partial charge in [-0.15, -0.1) is 0 Å². The highest BCUT2D eigenvalue weighted by molar-refractivity contribution is 5.93. The van der Waals surface area contributed by atoms with Gasteiger partial charge in [-0.1, -0.05) is 30.3 Å². The summed E-state index contributed by atoms with van der Waals surface area (Å²) >= 11 is 0. The van der Waals surface area contributed by atoms with Crippen molar-refractivity contribution in [2.75, 3.05) is 11.9 Å². The van der Waals surface area contributed by atoms with Crippen LogP contribution in [0.1, 0.15) is 21.6 Å². The first kappa shape index (κ1) is 17.6. The number of nitrogens with one attached hydrogen (secondary N) is 2. The van der Waals surface area contributed by atoms with E-state index in [9.17, 15) is 9.18 Å². The van der Waals surface area contributed by atoms with E-state index in [2.05, 4.69) is 15.6 Å². The van der Waals surface area contributed by atoms with Crippen molar-refractivity contribution in [3.8, 4) is 0 Å². The summed E-state index contributed by atoms with van der Waals surface area (Å²) in [5, 5.41) is 6.14. The average Bonchev–Trinajstić information content (AvgIpc) is 2.65. The lowest BCUT2D eigenvalue weighted by molar-refractivity contribution is 0.0949. The Kier molecular flexibility index (Phi) is 5.59. The Hall–Kier alpha value is -3.21. The van der Waals surface area contributed by atoms with Crippen molar-refractivity contribution >= 4 is 17.3 Å². The van der Waals surface area contributed by atoms with E-state index in [0.29, 0.717) is 18.7 Å². The fraction of sp³-hybridized carbons (Fsp3) is 0.143. The summed E-state index contributed by atoms with van der Waals surface area (Å²) in [7, 11) is 0. The zero-order chi connectivity index (χ0) is 18.4. The van der Waals surface area contributed by atoms with Gasteiger partial charge >= 0.3 is 0 Å². The zero-order valence-corrected chi connectivity index (χ0v) is 14.5. The van der Waals surface area contributed by atoms with E-state index >= 15 is 0 Å². The number of carbonyl (C=O) groups is 1. The SMILES string of the molecule is Cc1ccccc1Nc1ccnc(C(=O)NCCc2ccc(F)cc2)c1. The van der Waals surface area contributed by atoms with Gasteiger partial charge in [0, 0.05) is 24.1 Å². The van der Waals surface area contributed by atoms with Gasteiger partial charge in [0.1, 0.15) is 11.5 Å². The highest BCUT2D eigenvalue weighted by Crippen LogP contribution is 2.20. The van der Waals surface area contributed by atoms with E-state index < -0.39 is 0 Å². The number of aromatic nitrogens is 1. The summed E-state index contributed by atoms with van der Waals surface area (Å²) in [5.74, 6) is -0.500. The number of nitrogens with zero attached hydrogens (tertiary/aromatic N) is 1. The maximum Gasteiger partial charge on any atom is 0.269 e. The van der Waals surface area contributed by atoms with E-state index in [1.54, 1.807) is 24.4 Å². The lowest BCUT2D eigenvalue weighted by atomic mass is 10.1. The number of hydrogen-bond donors (Lipinski definition) is 2. The quantitative estimate of drug-likeness (QED) is 0.700. The Bertz CT molecular complexity index is 894. The van der Waals surface area contributed by atoms with Gasteiger partial charge in [0.2, 0.25) is 0 Å². The molecule has 0 aliphatic rings. The molecule has 3 aromatic rings. The molecule has 0 atom stereocenters. The molecule has 4 nitrogen and oxygen atoms in total. The van der Waals surface area contributed by atoms with Crippen LogP contribution in [0.3, 0.4) is 0 Å². The first-order chi connectivity index (χ1) is 12.6. The molecule has 0 bridgehead atoms. The molecular formula is C21H20FN3O. The molecule has 0 spiro atoms. The van der Waals surface area contributed by atoms with Gasteiger partial charge in [0.05, 0.1) is 0 Å². The van der Waals surface area contributed by atoms with E-state index in [1.807, 2.05) is 37.3 Å². The van der Waals surface area contributed by atoms with Crippen LogP contribution in [-0.4, -0.2) is 17.4 Å². The number of halogens is 1. The third-order valence-corrected chi connectivity index (χ3v) is 4.03. The molecule has 1 aromatic heterocycles. The van der Waals surface area contributed by atoms with Gasteiger partial charge in [-0.05, 0) is 54.8 Å². The van der Waals surface area contributed by atoms with Crippen LogP contribution in [-0.2, 0) is 6.42 Å². The third kappa shape index (κ3) is 4.66. The number of hydrogen-bond acceptors (Lipinski definition) is 3. The van der Waals surface area contributed by atoms with Gasteiger partial charge in [0.25, 0.3) is 5.91 Å². The van der Waals surface area contributed by atoms with Crippen molar-refractivity contribution < 1.29 is 9.18 Å². The maximum atomic E-state index is 12.9. The van der Waals surface area contributed by atoms with Crippen molar-refractivity contribution in [3.05, 3.63) is 89.5 Å². The molecule has 26 heavy (non-hydrogen) atoms. The normalized spacial score (nSPS) is 10.4. The molecule has 1 heterocycles. The molecule has 132 valence electrons. The number of amides is 1. The summed E-state index contributed by atoms with van der Waals surface area (Å²) in [5.41, 5.74) is 4.23. The number of para-hydroxylation sites is 1. The minimum Gasteiger partial charge on any atom is -0.355 e. The minimum absolute atomic E-state index is 0.236. The fourth-order valence-corrected chi connectivity index (χ4v) is 2.56. The van der Waals surface area contributed by atoms with Crippen LogP contribution >= 0.6 is 0 Å². The van der Waals surface area contributed by atoms with Crippen molar-refractivity contribution in [1.82, 2.24) is 10.3 Å². The lowest BCUT2D eigenvalue weighted by Crippen LogP contribution is -2.26. The van der Waals surface area contributed by atoms with Crippen molar-refractivity contribution in [2.24, 2.45) is 0 Å². The van der Waals surface area contributed by atoms with Crippen molar-refractivity contribution in [2.45, 2.75) is 13.3 Å². The lowest BCUT2D eigenvalue weighted by Gasteiger charge is -2.10. The predicted octanol–water partition coefficient (Wildman–Crippen LogP) is 4.25. The number of aryl methyl sites for hydroxylation is 1. The second-order valence-corrected chi connectivity index (χ2v) is 6.00. The number of anilines is 2. The summed E-state index contributed by atoms with van der Waals surface area (Å²) in [6.45, 7) is 2.48. The van der Waals surface area contributed by atoms with Gasteiger partial charge in [-0.2, -0.15) is 0 Å². The fourth-order valence-electron chi connectivity index (χ4n) is 2.56. The van der Waals surface area contributed by atoms with Crippen LogP contribution in [0.5, 0.6) is 0 Å². The van der Waals surface area contributed by atoms with Gasteiger partial charge in [-0.25, -0.2) is 4.39 Å². The Labute approximate surface area is 152 Å². The van der Waals surface area contributed by atoms with E-state index in [1.165, 1.54) is 12.1 Å². The molecular weight excluding hydrogens is 329 g/mol. The van der Waals surface area contributed by atoms with Crippen LogP contribution in [0.4, 0.5) is 15.8 Å².